The van der Waals surface area contributed by atoms with Crippen molar-refractivity contribution in [3.8, 4) is 0 Å². The molecule has 0 atom stereocenters. The van der Waals surface area contributed by atoms with Gasteiger partial charge in [-0.05, 0) is 14.1 Å². The van der Waals surface area contributed by atoms with Gasteiger partial charge in [0.25, 0.3) is 0 Å². The number of halogens is 1. The van der Waals surface area contributed by atoms with Crippen molar-refractivity contribution in [2.45, 2.75) is 52.4 Å². The molecule has 94 valence electrons. The highest BCUT2D eigenvalue weighted by atomic mass is 35.5. The molecule has 0 aliphatic heterocycles. The molecule has 0 aromatic rings. The van der Waals surface area contributed by atoms with Crippen LogP contribution < -0.4 is 0 Å². The van der Waals surface area contributed by atoms with Gasteiger partial charge in [0.1, 0.15) is 0 Å². The minimum absolute atomic E-state index is 0. The summed E-state index contributed by atoms with van der Waals surface area (Å²) in [5.41, 5.74) is 0. The molecule has 0 amide bonds. The molecule has 0 rings (SSSR count). The first-order valence-electron chi connectivity index (χ1n) is 5.94. The van der Waals surface area contributed by atoms with E-state index in [0.717, 1.165) is 6.54 Å². The molecular formula is C13H30ClN. The fourth-order valence-corrected chi connectivity index (χ4v) is 1.11. The van der Waals surface area contributed by atoms with E-state index < -0.39 is 0 Å². The molecular weight excluding hydrogens is 206 g/mol. The quantitative estimate of drug-likeness (QED) is 0.463. The molecule has 0 spiro atoms. The Balaban J connectivity index is -0.000000187. The number of rotatable bonds is 7. The number of likely N-dealkylation sites (N-methyl/N-ethyl adjacent to an activating group) is 1. The van der Waals surface area contributed by atoms with Gasteiger partial charge in [0.05, 0.1) is 0 Å². The molecule has 0 aromatic carbocycles. The standard InChI is InChI=1S/C8H18.C5H11N.ClH/c1-3-5-7-8-6-4-2;1-4-5-6(2)3;/h3-8H2,1-2H3;4H,1,5H2,2-3H3;1H. The second kappa shape index (κ2) is 19.5. The van der Waals surface area contributed by atoms with E-state index in [9.17, 15) is 0 Å². The molecule has 0 aliphatic carbocycles. The van der Waals surface area contributed by atoms with Crippen LogP contribution in [0, 0.1) is 0 Å². The van der Waals surface area contributed by atoms with Gasteiger partial charge >= 0.3 is 0 Å². The van der Waals surface area contributed by atoms with Crippen molar-refractivity contribution in [3.63, 3.8) is 0 Å². The summed E-state index contributed by atoms with van der Waals surface area (Å²) in [4.78, 5) is 2.06. The Morgan fingerprint density at radius 3 is 1.47 bits per heavy atom. The predicted octanol–water partition coefficient (Wildman–Crippen LogP) is 4.52. The van der Waals surface area contributed by atoms with Crippen molar-refractivity contribution in [3.05, 3.63) is 12.7 Å². The van der Waals surface area contributed by atoms with E-state index in [0.29, 0.717) is 0 Å². The Morgan fingerprint density at radius 1 is 0.933 bits per heavy atom. The van der Waals surface area contributed by atoms with Crippen molar-refractivity contribution < 1.29 is 0 Å². The summed E-state index contributed by atoms with van der Waals surface area (Å²) in [5.74, 6) is 0. The monoisotopic (exact) mass is 235 g/mol. The summed E-state index contributed by atoms with van der Waals surface area (Å²) >= 11 is 0. The van der Waals surface area contributed by atoms with Crippen LogP contribution in [-0.4, -0.2) is 25.5 Å². The lowest BCUT2D eigenvalue weighted by atomic mass is 10.1. The Bertz CT molecular complexity index is 96.7. The molecule has 0 fully saturated rings. The Kier molecular flexibility index (Phi) is 26.6. The number of hydrogen-bond acceptors (Lipinski definition) is 1. The first kappa shape index (κ1) is 20.4. The van der Waals surface area contributed by atoms with Gasteiger partial charge < -0.3 is 4.90 Å². The lowest BCUT2D eigenvalue weighted by Crippen LogP contribution is -2.09. The second-order valence-corrected chi connectivity index (χ2v) is 3.97. The van der Waals surface area contributed by atoms with Crippen LogP contribution in [0.4, 0.5) is 0 Å². The van der Waals surface area contributed by atoms with Crippen LogP contribution in [0.3, 0.4) is 0 Å². The molecule has 0 aromatic heterocycles. The zero-order valence-electron chi connectivity index (χ0n) is 11.1. The fourth-order valence-electron chi connectivity index (χ4n) is 1.11. The summed E-state index contributed by atoms with van der Waals surface area (Å²) in [5, 5.41) is 0. The first-order valence-corrected chi connectivity index (χ1v) is 5.94. The second-order valence-electron chi connectivity index (χ2n) is 3.97. The maximum Gasteiger partial charge on any atom is 0.0154 e. The highest BCUT2D eigenvalue weighted by Crippen LogP contribution is 2.03. The highest BCUT2D eigenvalue weighted by molar-refractivity contribution is 5.85. The largest absolute Gasteiger partial charge is 0.306 e. The topological polar surface area (TPSA) is 3.24 Å². The van der Waals surface area contributed by atoms with Crippen molar-refractivity contribution in [1.82, 2.24) is 4.90 Å². The average Bonchev–Trinajstić information content (AvgIpc) is 2.13. The smallest absolute Gasteiger partial charge is 0.0154 e. The van der Waals surface area contributed by atoms with E-state index in [2.05, 4.69) is 25.3 Å². The highest BCUT2D eigenvalue weighted by Gasteiger charge is 1.83. The molecule has 0 aliphatic rings. The van der Waals surface area contributed by atoms with E-state index in [4.69, 9.17) is 0 Å². The fraction of sp³-hybridized carbons (Fsp3) is 0.846. The molecule has 0 bridgehead atoms. The van der Waals surface area contributed by atoms with Crippen LogP contribution in [0.25, 0.3) is 0 Å². The molecule has 0 heterocycles. The number of hydrogen-bond donors (Lipinski definition) is 0. The van der Waals surface area contributed by atoms with Gasteiger partial charge in [-0.15, -0.1) is 19.0 Å². The lowest BCUT2D eigenvalue weighted by Gasteiger charge is -2.01. The Morgan fingerprint density at radius 2 is 1.33 bits per heavy atom. The van der Waals surface area contributed by atoms with Gasteiger partial charge in [0.15, 0.2) is 0 Å². The normalized spacial score (nSPS) is 8.87. The van der Waals surface area contributed by atoms with Crippen molar-refractivity contribution in [2.75, 3.05) is 20.6 Å². The van der Waals surface area contributed by atoms with E-state index in [1.807, 2.05) is 20.2 Å². The van der Waals surface area contributed by atoms with E-state index in [1.165, 1.54) is 38.5 Å². The van der Waals surface area contributed by atoms with Gasteiger partial charge in [0.2, 0.25) is 0 Å². The zero-order chi connectivity index (χ0) is 11.2. The Hall–Kier alpha value is -0.0100. The molecule has 0 radical (unpaired) electrons. The van der Waals surface area contributed by atoms with Gasteiger partial charge in [-0.3, -0.25) is 0 Å². The third-order valence-corrected chi connectivity index (χ3v) is 1.95. The zero-order valence-corrected chi connectivity index (χ0v) is 11.9. The van der Waals surface area contributed by atoms with Crippen LogP contribution in [0.15, 0.2) is 12.7 Å². The summed E-state index contributed by atoms with van der Waals surface area (Å²) in [7, 11) is 4.03. The van der Waals surface area contributed by atoms with Crippen molar-refractivity contribution >= 4 is 12.4 Å². The van der Waals surface area contributed by atoms with Gasteiger partial charge in [-0.2, -0.15) is 0 Å². The van der Waals surface area contributed by atoms with Crippen LogP contribution in [-0.2, 0) is 0 Å². The van der Waals surface area contributed by atoms with E-state index in [-0.39, 0.29) is 12.4 Å². The molecule has 1 nitrogen and oxygen atoms in total. The third-order valence-electron chi connectivity index (χ3n) is 1.95. The van der Waals surface area contributed by atoms with E-state index in [1.54, 1.807) is 0 Å². The maximum absolute atomic E-state index is 3.56. The predicted molar refractivity (Wildman–Crippen MR) is 75.0 cm³/mol. The van der Waals surface area contributed by atoms with Gasteiger partial charge in [-0.25, -0.2) is 0 Å². The minimum atomic E-state index is 0. The molecule has 0 unspecified atom stereocenters. The molecule has 0 saturated carbocycles. The SMILES string of the molecule is C=CCN(C)C.CCCCCCCC.Cl. The van der Waals surface area contributed by atoms with Crippen LogP contribution in [0.2, 0.25) is 0 Å². The molecule has 0 saturated heterocycles. The molecule has 15 heavy (non-hydrogen) atoms. The van der Waals surface area contributed by atoms with Crippen LogP contribution in [0.1, 0.15) is 52.4 Å². The van der Waals surface area contributed by atoms with E-state index >= 15 is 0 Å². The summed E-state index contributed by atoms with van der Waals surface area (Å²) in [6.07, 6.45) is 10.4. The summed E-state index contributed by atoms with van der Waals surface area (Å²) in [6, 6.07) is 0. The Labute approximate surface area is 103 Å². The summed E-state index contributed by atoms with van der Waals surface area (Å²) in [6.45, 7) is 9.04. The third kappa shape index (κ3) is 31.5. The first-order chi connectivity index (χ1) is 6.68. The summed E-state index contributed by atoms with van der Waals surface area (Å²) < 4.78 is 0. The van der Waals surface area contributed by atoms with Gasteiger partial charge in [0, 0.05) is 6.54 Å². The minimum Gasteiger partial charge on any atom is -0.306 e. The van der Waals surface area contributed by atoms with Crippen molar-refractivity contribution in [1.29, 1.82) is 0 Å². The molecule has 2 heteroatoms. The van der Waals surface area contributed by atoms with Crippen molar-refractivity contribution in [2.24, 2.45) is 0 Å². The maximum atomic E-state index is 3.56. The van der Waals surface area contributed by atoms with Gasteiger partial charge in [-0.1, -0.05) is 58.4 Å². The number of nitrogens with zero attached hydrogens (tertiary/aromatic N) is 1. The lowest BCUT2D eigenvalue weighted by molar-refractivity contribution is 0.457. The number of unbranched alkanes of at least 4 members (excludes halogenated alkanes) is 5. The van der Waals surface area contributed by atoms with Crippen LogP contribution >= 0.6 is 12.4 Å². The van der Waals surface area contributed by atoms with Crippen LogP contribution in [0.5, 0.6) is 0 Å². The average molecular weight is 236 g/mol. The molecule has 0 N–H and O–H groups in total.